The fourth-order valence-corrected chi connectivity index (χ4v) is 2.81. The first-order valence-electron chi connectivity index (χ1n) is 7.20. The maximum absolute atomic E-state index is 12.6. The first kappa shape index (κ1) is 16.0. The van der Waals surface area contributed by atoms with Crippen LogP contribution in [0.5, 0.6) is 0 Å². The molecule has 1 amide bonds. The van der Waals surface area contributed by atoms with E-state index in [1.54, 1.807) is 12.1 Å². The molecule has 6 heteroatoms. The Morgan fingerprint density at radius 1 is 1.43 bits per heavy atom. The Morgan fingerprint density at radius 2 is 2.05 bits per heavy atom. The van der Waals surface area contributed by atoms with Crippen molar-refractivity contribution in [2.75, 3.05) is 32.1 Å². The van der Waals surface area contributed by atoms with E-state index in [9.17, 15) is 9.90 Å². The second kappa shape index (κ2) is 6.62. The van der Waals surface area contributed by atoms with E-state index in [0.29, 0.717) is 29.6 Å². The fourth-order valence-electron chi connectivity index (χ4n) is 2.60. The van der Waals surface area contributed by atoms with E-state index in [4.69, 9.17) is 11.6 Å². The monoisotopic (exact) mass is 311 g/mol. The van der Waals surface area contributed by atoms with Gasteiger partial charge in [0, 0.05) is 32.7 Å². The minimum atomic E-state index is -0.307. The molecule has 116 valence electrons. The van der Waals surface area contributed by atoms with E-state index in [1.807, 2.05) is 30.8 Å². The van der Waals surface area contributed by atoms with Crippen LogP contribution in [0.4, 0.5) is 5.82 Å². The summed E-state index contributed by atoms with van der Waals surface area (Å²) in [5.74, 6) is 0.934. The van der Waals surface area contributed by atoms with E-state index in [0.717, 1.165) is 12.8 Å². The molecule has 1 unspecified atom stereocenters. The summed E-state index contributed by atoms with van der Waals surface area (Å²) in [6.45, 7) is 3.16. The van der Waals surface area contributed by atoms with Gasteiger partial charge in [0.1, 0.15) is 11.0 Å². The van der Waals surface area contributed by atoms with Crippen LogP contribution in [-0.4, -0.2) is 54.2 Å². The minimum absolute atomic E-state index is 0.0218. The van der Waals surface area contributed by atoms with Gasteiger partial charge in [0.15, 0.2) is 0 Å². The standard InChI is InChI=1S/C15H22ClN3O2/c1-10(20)11-4-6-19(7-5-11)15(21)12-8-13(16)17-14(9-12)18(2)3/h8-11,20H,4-7H2,1-3H3. The van der Waals surface area contributed by atoms with E-state index in [1.165, 1.54) is 0 Å². The van der Waals surface area contributed by atoms with Gasteiger partial charge in [-0.05, 0) is 37.8 Å². The van der Waals surface area contributed by atoms with E-state index in [-0.39, 0.29) is 17.9 Å². The molecule has 1 aliphatic rings. The summed E-state index contributed by atoms with van der Waals surface area (Å²) in [5, 5.41) is 9.94. The average Bonchev–Trinajstić information content (AvgIpc) is 2.45. The second-order valence-corrected chi connectivity index (χ2v) is 6.19. The number of anilines is 1. The number of aromatic nitrogens is 1. The molecule has 0 aliphatic carbocycles. The van der Waals surface area contributed by atoms with Crippen molar-refractivity contribution in [3.63, 3.8) is 0 Å². The summed E-state index contributed by atoms with van der Waals surface area (Å²) in [6, 6.07) is 3.37. The van der Waals surface area contributed by atoms with Crippen molar-refractivity contribution in [2.24, 2.45) is 5.92 Å². The van der Waals surface area contributed by atoms with Crippen LogP contribution >= 0.6 is 11.6 Å². The lowest BCUT2D eigenvalue weighted by molar-refractivity contribution is 0.0521. The van der Waals surface area contributed by atoms with Gasteiger partial charge in [-0.1, -0.05) is 11.6 Å². The fraction of sp³-hybridized carbons (Fsp3) is 0.600. The van der Waals surface area contributed by atoms with Gasteiger partial charge in [-0.2, -0.15) is 0 Å². The molecule has 1 aliphatic heterocycles. The molecule has 0 saturated carbocycles. The number of piperidine rings is 1. The number of pyridine rings is 1. The van der Waals surface area contributed by atoms with Crippen molar-refractivity contribution in [3.05, 3.63) is 22.8 Å². The van der Waals surface area contributed by atoms with Crippen LogP contribution in [-0.2, 0) is 0 Å². The summed E-state index contributed by atoms with van der Waals surface area (Å²) >= 11 is 6.00. The molecule has 0 spiro atoms. The highest BCUT2D eigenvalue weighted by molar-refractivity contribution is 6.29. The Balaban J connectivity index is 2.11. The molecular formula is C15H22ClN3O2. The zero-order valence-corrected chi connectivity index (χ0v) is 13.5. The largest absolute Gasteiger partial charge is 0.393 e. The van der Waals surface area contributed by atoms with Crippen molar-refractivity contribution in [1.82, 2.24) is 9.88 Å². The lowest BCUT2D eigenvalue weighted by Crippen LogP contribution is -2.40. The summed E-state index contributed by atoms with van der Waals surface area (Å²) in [4.78, 5) is 20.4. The van der Waals surface area contributed by atoms with E-state index in [2.05, 4.69) is 4.98 Å². The average molecular weight is 312 g/mol. The first-order chi connectivity index (χ1) is 9.88. The molecule has 1 N–H and O–H groups in total. The Morgan fingerprint density at radius 3 is 2.57 bits per heavy atom. The van der Waals surface area contributed by atoms with Crippen LogP contribution in [0.15, 0.2) is 12.1 Å². The van der Waals surface area contributed by atoms with Crippen LogP contribution in [0, 0.1) is 5.92 Å². The first-order valence-corrected chi connectivity index (χ1v) is 7.58. The number of aliphatic hydroxyl groups is 1. The van der Waals surface area contributed by atoms with Crippen LogP contribution in [0.3, 0.4) is 0 Å². The van der Waals surface area contributed by atoms with Crippen molar-refractivity contribution < 1.29 is 9.90 Å². The van der Waals surface area contributed by atoms with Gasteiger partial charge in [-0.15, -0.1) is 0 Å². The maximum atomic E-state index is 12.6. The lowest BCUT2D eigenvalue weighted by atomic mass is 9.92. The molecule has 1 aromatic rings. The molecule has 0 bridgehead atoms. The van der Waals surface area contributed by atoms with Crippen molar-refractivity contribution >= 4 is 23.3 Å². The van der Waals surface area contributed by atoms with Gasteiger partial charge in [0.05, 0.1) is 6.10 Å². The normalized spacial score (nSPS) is 17.7. The minimum Gasteiger partial charge on any atom is -0.393 e. The third-order valence-electron chi connectivity index (χ3n) is 3.99. The van der Waals surface area contributed by atoms with Gasteiger partial charge in [0.2, 0.25) is 0 Å². The van der Waals surface area contributed by atoms with Crippen LogP contribution in [0.1, 0.15) is 30.1 Å². The zero-order chi connectivity index (χ0) is 15.6. The molecule has 1 saturated heterocycles. The third kappa shape index (κ3) is 3.86. The molecule has 1 fully saturated rings. The van der Waals surface area contributed by atoms with Gasteiger partial charge in [-0.3, -0.25) is 4.79 Å². The summed E-state index contributed by atoms with van der Waals surface area (Å²) in [5.41, 5.74) is 0.564. The Hall–Kier alpha value is -1.33. The quantitative estimate of drug-likeness (QED) is 0.868. The molecule has 0 aromatic carbocycles. The molecule has 21 heavy (non-hydrogen) atoms. The smallest absolute Gasteiger partial charge is 0.254 e. The van der Waals surface area contributed by atoms with Crippen molar-refractivity contribution in [1.29, 1.82) is 0 Å². The lowest BCUT2D eigenvalue weighted by Gasteiger charge is -2.33. The number of rotatable bonds is 3. The van der Waals surface area contributed by atoms with Crippen LogP contribution in [0.2, 0.25) is 5.15 Å². The number of nitrogens with zero attached hydrogens (tertiary/aromatic N) is 3. The number of likely N-dealkylation sites (tertiary alicyclic amines) is 1. The van der Waals surface area contributed by atoms with E-state index < -0.39 is 0 Å². The Kier molecular flexibility index (Phi) is 5.06. The second-order valence-electron chi connectivity index (χ2n) is 5.80. The summed E-state index contributed by atoms with van der Waals surface area (Å²) in [7, 11) is 3.72. The molecule has 1 aromatic heterocycles. The summed E-state index contributed by atoms with van der Waals surface area (Å²) in [6.07, 6.45) is 1.36. The predicted octanol–water partition coefficient (Wildman–Crippen LogP) is 2.03. The number of amides is 1. The predicted molar refractivity (Wildman–Crippen MR) is 83.9 cm³/mol. The van der Waals surface area contributed by atoms with E-state index >= 15 is 0 Å². The molecule has 0 radical (unpaired) electrons. The van der Waals surface area contributed by atoms with Gasteiger partial charge in [0.25, 0.3) is 5.91 Å². The third-order valence-corrected chi connectivity index (χ3v) is 4.19. The Bertz CT molecular complexity index is 512. The number of hydrogen-bond acceptors (Lipinski definition) is 4. The highest BCUT2D eigenvalue weighted by Crippen LogP contribution is 2.23. The maximum Gasteiger partial charge on any atom is 0.254 e. The van der Waals surface area contributed by atoms with Crippen LogP contribution in [0.25, 0.3) is 0 Å². The van der Waals surface area contributed by atoms with Crippen LogP contribution < -0.4 is 4.90 Å². The number of halogens is 1. The molecule has 5 nitrogen and oxygen atoms in total. The zero-order valence-electron chi connectivity index (χ0n) is 12.7. The SMILES string of the molecule is CC(O)C1CCN(C(=O)c2cc(Cl)nc(N(C)C)c2)CC1. The number of carbonyl (C=O) groups excluding carboxylic acids is 1. The number of hydrogen-bond donors (Lipinski definition) is 1. The number of carbonyl (C=O) groups is 1. The van der Waals surface area contributed by atoms with Crippen molar-refractivity contribution in [3.8, 4) is 0 Å². The summed E-state index contributed by atoms with van der Waals surface area (Å²) < 4.78 is 0. The van der Waals surface area contributed by atoms with Gasteiger partial charge in [-0.25, -0.2) is 4.98 Å². The number of aliphatic hydroxyl groups excluding tert-OH is 1. The molecule has 1 atom stereocenters. The molecule has 2 rings (SSSR count). The van der Waals surface area contributed by atoms with Gasteiger partial charge >= 0.3 is 0 Å². The highest BCUT2D eigenvalue weighted by Gasteiger charge is 2.26. The molecule has 2 heterocycles. The van der Waals surface area contributed by atoms with Crippen molar-refractivity contribution in [2.45, 2.75) is 25.9 Å². The topological polar surface area (TPSA) is 56.7 Å². The molecular weight excluding hydrogens is 290 g/mol. The highest BCUT2D eigenvalue weighted by atomic mass is 35.5. The van der Waals surface area contributed by atoms with Gasteiger partial charge < -0.3 is 14.9 Å². The Labute approximate surface area is 130 Å².